The fourth-order valence-corrected chi connectivity index (χ4v) is 5.07. The predicted molar refractivity (Wildman–Crippen MR) is 154 cm³/mol. The molecule has 3 nitrogen and oxygen atoms in total. The quantitative estimate of drug-likeness (QED) is 0.0985. The molecule has 3 heteroatoms. The highest BCUT2D eigenvalue weighted by atomic mass is 16.6. The van der Waals surface area contributed by atoms with Crippen LogP contribution in [0.15, 0.2) is 30.3 Å². The first kappa shape index (κ1) is 32.7. The van der Waals surface area contributed by atoms with Gasteiger partial charge in [-0.2, -0.15) is 0 Å². The van der Waals surface area contributed by atoms with Gasteiger partial charge in [-0.25, -0.2) is 4.79 Å². The summed E-state index contributed by atoms with van der Waals surface area (Å²) in [4.78, 5) is 12.8. The molecule has 2 unspecified atom stereocenters. The van der Waals surface area contributed by atoms with Gasteiger partial charge in [0.05, 0.1) is 6.61 Å². The number of carbonyl (C=O) groups is 1. The number of hydrogen-bond acceptors (Lipinski definition) is 3. The van der Waals surface area contributed by atoms with Gasteiger partial charge in [0, 0.05) is 7.11 Å². The number of ether oxygens (including phenoxy) is 2. The summed E-state index contributed by atoms with van der Waals surface area (Å²) in [5.74, 6) is 0.212. The zero-order valence-electron chi connectivity index (χ0n) is 24.1. The lowest BCUT2D eigenvalue weighted by Gasteiger charge is -2.20. The molecule has 0 heterocycles. The van der Waals surface area contributed by atoms with Gasteiger partial charge in [0.15, 0.2) is 6.10 Å². The Bertz CT molecular complexity index is 600. The van der Waals surface area contributed by atoms with Crippen molar-refractivity contribution in [1.82, 2.24) is 0 Å². The van der Waals surface area contributed by atoms with Gasteiger partial charge in [-0.15, -0.1) is 0 Å². The van der Waals surface area contributed by atoms with E-state index >= 15 is 0 Å². The van der Waals surface area contributed by atoms with Gasteiger partial charge >= 0.3 is 5.97 Å². The average molecular weight is 503 g/mol. The lowest BCUT2D eigenvalue weighted by Crippen LogP contribution is -2.21. The van der Waals surface area contributed by atoms with Crippen molar-refractivity contribution in [3.8, 4) is 0 Å². The fraction of sp³-hybridized carbons (Fsp3) is 0.788. The van der Waals surface area contributed by atoms with E-state index in [4.69, 9.17) is 9.47 Å². The van der Waals surface area contributed by atoms with Crippen LogP contribution >= 0.6 is 0 Å². The highest BCUT2D eigenvalue weighted by molar-refractivity contribution is 5.76. The number of rotatable bonds is 25. The van der Waals surface area contributed by atoms with Gasteiger partial charge in [-0.05, 0) is 24.3 Å². The molecule has 0 saturated carbocycles. The Morgan fingerprint density at radius 3 is 1.47 bits per heavy atom. The van der Waals surface area contributed by atoms with Gasteiger partial charge in [-0.3, -0.25) is 0 Å². The van der Waals surface area contributed by atoms with Crippen molar-refractivity contribution >= 4 is 5.97 Å². The Hall–Kier alpha value is -1.35. The van der Waals surface area contributed by atoms with Gasteiger partial charge in [-0.1, -0.05) is 160 Å². The molecule has 0 radical (unpaired) electrons. The van der Waals surface area contributed by atoms with Crippen LogP contribution in [0.3, 0.4) is 0 Å². The number of hydrogen-bond donors (Lipinski definition) is 0. The third kappa shape index (κ3) is 17.2. The van der Waals surface area contributed by atoms with Crippen LogP contribution in [0.25, 0.3) is 0 Å². The molecule has 0 fully saturated rings. The molecule has 36 heavy (non-hydrogen) atoms. The van der Waals surface area contributed by atoms with E-state index in [1.54, 1.807) is 7.11 Å². The summed E-state index contributed by atoms with van der Waals surface area (Å²) in [5, 5.41) is 0. The van der Waals surface area contributed by atoms with E-state index in [0.29, 0.717) is 12.5 Å². The molecular formula is C33H58O3. The summed E-state index contributed by atoms with van der Waals surface area (Å²) in [6, 6.07) is 9.68. The number of methoxy groups -OCH3 is 1. The Morgan fingerprint density at radius 1 is 0.639 bits per heavy atom. The number of benzene rings is 1. The summed E-state index contributed by atoms with van der Waals surface area (Å²) in [5.41, 5.74) is 0.860. The van der Waals surface area contributed by atoms with Crippen molar-refractivity contribution < 1.29 is 14.3 Å². The standard InChI is InChI=1S/C33H58O3/c1-4-6-8-10-12-14-15-17-19-22-26-30(25-21-18-16-13-11-9-7-5-2)29-36-33(34)32(35-3)31-27-23-20-24-28-31/h20,23-24,27-28,30,32H,4-19,21-22,25-26,29H2,1-3H3. The maximum atomic E-state index is 12.8. The van der Waals surface area contributed by atoms with Crippen LogP contribution in [0.5, 0.6) is 0 Å². The molecule has 0 bridgehead atoms. The van der Waals surface area contributed by atoms with Gasteiger partial charge < -0.3 is 9.47 Å². The summed E-state index contributed by atoms with van der Waals surface area (Å²) >= 11 is 0. The van der Waals surface area contributed by atoms with Crippen LogP contribution < -0.4 is 0 Å². The number of unbranched alkanes of at least 4 members (excludes halogenated alkanes) is 16. The molecule has 0 saturated heterocycles. The molecule has 2 atom stereocenters. The zero-order valence-corrected chi connectivity index (χ0v) is 24.1. The summed E-state index contributed by atoms with van der Waals surface area (Å²) in [6.07, 6.45) is 26.0. The maximum Gasteiger partial charge on any atom is 0.339 e. The van der Waals surface area contributed by atoms with Gasteiger partial charge in [0.25, 0.3) is 0 Å². The molecule has 208 valence electrons. The normalized spacial score (nSPS) is 13.0. The average Bonchev–Trinajstić information content (AvgIpc) is 2.90. The summed E-state index contributed by atoms with van der Waals surface area (Å²) in [7, 11) is 1.58. The van der Waals surface area contributed by atoms with E-state index < -0.39 is 6.10 Å². The first-order chi connectivity index (χ1) is 17.7. The second-order valence-electron chi connectivity index (χ2n) is 10.8. The molecule has 1 aromatic carbocycles. The van der Waals surface area contributed by atoms with Crippen LogP contribution in [0.2, 0.25) is 0 Å². The molecule has 0 spiro atoms. The van der Waals surface area contributed by atoms with Crippen molar-refractivity contribution in [3.63, 3.8) is 0 Å². The molecule has 0 aromatic heterocycles. The Morgan fingerprint density at radius 2 is 1.06 bits per heavy atom. The molecule has 0 aliphatic heterocycles. The van der Waals surface area contributed by atoms with E-state index in [1.165, 1.54) is 128 Å². The number of carbonyl (C=O) groups excluding carboxylic acids is 1. The smallest absolute Gasteiger partial charge is 0.339 e. The van der Waals surface area contributed by atoms with E-state index in [-0.39, 0.29) is 5.97 Å². The molecular weight excluding hydrogens is 444 g/mol. The Balaban J connectivity index is 2.35. The van der Waals surface area contributed by atoms with Crippen LogP contribution in [0.1, 0.15) is 154 Å². The maximum absolute atomic E-state index is 12.8. The number of esters is 1. The van der Waals surface area contributed by atoms with Crippen molar-refractivity contribution in [1.29, 1.82) is 0 Å². The SMILES string of the molecule is CCCCCCCCCCCCC(CCCCCCCCCC)COC(=O)C(OC)c1ccccc1. The second kappa shape index (κ2) is 24.0. The highest BCUT2D eigenvalue weighted by Crippen LogP contribution is 2.23. The fourth-order valence-electron chi connectivity index (χ4n) is 5.07. The molecule has 1 rings (SSSR count). The summed E-state index contributed by atoms with van der Waals surface area (Å²) in [6.45, 7) is 5.08. The minimum Gasteiger partial charge on any atom is -0.463 e. The molecule has 1 aromatic rings. The molecule has 0 N–H and O–H groups in total. The van der Waals surface area contributed by atoms with Crippen molar-refractivity contribution in [3.05, 3.63) is 35.9 Å². The topological polar surface area (TPSA) is 35.5 Å². The van der Waals surface area contributed by atoms with Crippen LogP contribution in [0.4, 0.5) is 0 Å². The van der Waals surface area contributed by atoms with Crippen molar-refractivity contribution in [2.45, 2.75) is 148 Å². The van der Waals surface area contributed by atoms with Crippen LogP contribution in [-0.2, 0) is 14.3 Å². The zero-order chi connectivity index (χ0) is 26.1. The van der Waals surface area contributed by atoms with Crippen LogP contribution in [0, 0.1) is 5.92 Å². The Labute approximate surface area is 224 Å². The third-order valence-corrected chi connectivity index (χ3v) is 7.45. The van der Waals surface area contributed by atoms with Gasteiger partial charge in [0.1, 0.15) is 0 Å². The molecule has 0 aliphatic carbocycles. The summed E-state index contributed by atoms with van der Waals surface area (Å²) < 4.78 is 11.3. The first-order valence-corrected chi connectivity index (χ1v) is 15.5. The van der Waals surface area contributed by atoms with E-state index in [1.807, 2.05) is 30.3 Å². The van der Waals surface area contributed by atoms with Crippen molar-refractivity contribution in [2.75, 3.05) is 13.7 Å². The largest absolute Gasteiger partial charge is 0.463 e. The highest BCUT2D eigenvalue weighted by Gasteiger charge is 2.22. The van der Waals surface area contributed by atoms with Gasteiger partial charge in [0.2, 0.25) is 0 Å². The monoisotopic (exact) mass is 502 g/mol. The minimum absolute atomic E-state index is 0.257. The second-order valence-corrected chi connectivity index (χ2v) is 10.8. The van der Waals surface area contributed by atoms with E-state index in [2.05, 4.69) is 13.8 Å². The van der Waals surface area contributed by atoms with Crippen molar-refractivity contribution in [2.24, 2.45) is 5.92 Å². The lowest BCUT2D eigenvalue weighted by atomic mass is 9.94. The lowest BCUT2D eigenvalue weighted by molar-refractivity contribution is -0.157. The first-order valence-electron chi connectivity index (χ1n) is 15.5. The minimum atomic E-state index is -0.632. The Kier molecular flexibility index (Phi) is 21.8. The third-order valence-electron chi connectivity index (χ3n) is 7.45. The predicted octanol–water partition coefficient (Wildman–Crippen LogP) is 10.4. The van der Waals surface area contributed by atoms with E-state index in [0.717, 1.165) is 5.56 Å². The van der Waals surface area contributed by atoms with E-state index in [9.17, 15) is 4.79 Å². The van der Waals surface area contributed by atoms with Crippen LogP contribution in [-0.4, -0.2) is 19.7 Å². The molecule has 0 aliphatic rings. The molecule has 0 amide bonds.